The van der Waals surface area contributed by atoms with Crippen molar-refractivity contribution in [2.24, 2.45) is 0 Å². The van der Waals surface area contributed by atoms with Crippen molar-refractivity contribution in [3.8, 4) is 0 Å². The van der Waals surface area contributed by atoms with Crippen molar-refractivity contribution in [1.29, 1.82) is 0 Å². The molecule has 162 valence electrons. The molecule has 2 heterocycles. The molecule has 0 aliphatic carbocycles. The molecule has 0 unspecified atom stereocenters. The first kappa shape index (κ1) is 21.3. The summed E-state index contributed by atoms with van der Waals surface area (Å²) >= 11 is 0. The number of aryl methyl sites for hydroxylation is 2. The van der Waals surface area contributed by atoms with E-state index in [2.05, 4.69) is 11.1 Å². The van der Waals surface area contributed by atoms with Gasteiger partial charge in [-0.3, -0.25) is 9.59 Å². The summed E-state index contributed by atoms with van der Waals surface area (Å²) in [6, 6.07) is 12.0. The minimum Gasteiger partial charge on any atom is -0.351 e. The molecule has 1 aliphatic heterocycles. The number of hydrogen-bond acceptors (Lipinski definition) is 4. The standard InChI is InChI=1S/C23H25N3O4S/c1-15-11-16(2)20-14-22(24-21(20)12-15)23(28)25-7-9-26(10-8-25)31(29,30)19-6-4-5-18(13-19)17(3)27/h4-6,11-14,24H,7-10H2,1-3H3. The summed E-state index contributed by atoms with van der Waals surface area (Å²) in [7, 11) is -3.73. The van der Waals surface area contributed by atoms with Gasteiger partial charge >= 0.3 is 0 Å². The SMILES string of the molecule is CC(=O)c1cccc(S(=O)(=O)N2CCN(C(=O)c3cc4c(C)cc(C)cc4[nH]3)CC2)c1. The molecule has 7 nitrogen and oxygen atoms in total. The number of nitrogens with one attached hydrogen (secondary N) is 1. The summed E-state index contributed by atoms with van der Waals surface area (Å²) in [5.74, 6) is -0.319. The summed E-state index contributed by atoms with van der Waals surface area (Å²) in [6.45, 7) is 6.45. The van der Waals surface area contributed by atoms with Gasteiger partial charge in [0.15, 0.2) is 5.78 Å². The molecule has 4 rings (SSSR count). The van der Waals surface area contributed by atoms with E-state index in [1.807, 2.05) is 26.0 Å². The van der Waals surface area contributed by atoms with Crippen molar-refractivity contribution in [3.05, 3.63) is 64.8 Å². The Labute approximate surface area is 181 Å². The first-order valence-corrected chi connectivity index (χ1v) is 11.6. The number of ketones is 1. The van der Waals surface area contributed by atoms with E-state index < -0.39 is 10.0 Å². The van der Waals surface area contributed by atoms with Crippen LogP contribution in [0.3, 0.4) is 0 Å². The Hall–Kier alpha value is -2.97. The van der Waals surface area contributed by atoms with Gasteiger partial charge in [-0.05, 0) is 56.2 Å². The third kappa shape index (κ3) is 4.00. The molecule has 1 aromatic heterocycles. The Morgan fingerprint density at radius 2 is 1.68 bits per heavy atom. The second-order valence-corrected chi connectivity index (χ2v) is 9.94. The van der Waals surface area contributed by atoms with Crippen LogP contribution in [0.5, 0.6) is 0 Å². The average Bonchev–Trinajstić information content (AvgIpc) is 3.18. The molecule has 31 heavy (non-hydrogen) atoms. The van der Waals surface area contributed by atoms with E-state index in [4.69, 9.17) is 0 Å². The summed E-state index contributed by atoms with van der Waals surface area (Å²) < 4.78 is 27.4. The van der Waals surface area contributed by atoms with E-state index >= 15 is 0 Å². The minimum absolute atomic E-state index is 0.0986. The zero-order valence-corrected chi connectivity index (χ0v) is 18.6. The fourth-order valence-corrected chi connectivity index (χ4v) is 5.51. The predicted molar refractivity (Wildman–Crippen MR) is 119 cm³/mol. The van der Waals surface area contributed by atoms with Gasteiger partial charge < -0.3 is 9.88 Å². The van der Waals surface area contributed by atoms with Crippen molar-refractivity contribution in [2.75, 3.05) is 26.2 Å². The largest absolute Gasteiger partial charge is 0.351 e. The van der Waals surface area contributed by atoms with Crippen LogP contribution in [0.15, 0.2) is 47.4 Å². The van der Waals surface area contributed by atoms with Crippen LogP contribution in [-0.2, 0) is 10.0 Å². The van der Waals surface area contributed by atoms with Crippen molar-refractivity contribution >= 4 is 32.6 Å². The van der Waals surface area contributed by atoms with E-state index in [9.17, 15) is 18.0 Å². The molecule has 0 bridgehead atoms. The maximum atomic E-state index is 13.0. The molecule has 1 saturated heterocycles. The van der Waals surface area contributed by atoms with E-state index in [0.29, 0.717) is 24.3 Å². The van der Waals surface area contributed by atoms with Crippen LogP contribution in [0, 0.1) is 13.8 Å². The second kappa shape index (κ2) is 7.94. The molecule has 2 aromatic carbocycles. The van der Waals surface area contributed by atoms with Crippen LogP contribution in [0.1, 0.15) is 38.9 Å². The van der Waals surface area contributed by atoms with Gasteiger partial charge in [0.25, 0.3) is 5.91 Å². The number of amides is 1. The lowest BCUT2D eigenvalue weighted by Crippen LogP contribution is -2.50. The predicted octanol–water partition coefficient (Wildman–Crippen LogP) is 3.13. The number of benzene rings is 2. The molecule has 0 radical (unpaired) electrons. The summed E-state index contributed by atoms with van der Waals surface area (Å²) in [4.78, 5) is 29.6. The van der Waals surface area contributed by atoms with E-state index in [-0.39, 0.29) is 29.7 Å². The molecule has 1 aliphatic rings. The summed E-state index contributed by atoms with van der Waals surface area (Å²) in [5.41, 5.74) is 4.02. The molecule has 8 heteroatoms. The van der Waals surface area contributed by atoms with Crippen LogP contribution in [-0.4, -0.2) is 60.5 Å². The highest BCUT2D eigenvalue weighted by molar-refractivity contribution is 7.89. The summed E-state index contributed by atoms with van der Waals surface area (Å²) in [5, 5.41) is 1.01. The maximum absolute atomic E-state index is 13.0. The van der Waals surface area contributed by atoms with Gasteiger partial charge in [0.2, 0.25) is 10.0 Å². The third-order valence-corrected chi connectivity index (χ3v) is 7.62. The highest BCUT2D eigenvalue weighted by atomic mass is 32.2. The number of carbonyl (C=O) groups excluding carboxylic acids is 2. The number of piperazine rings is 1. The lowest BCUT2D eigenvalue weighted by Gasteiger charge is -2.33. The van der Waals surface area contributed by atoms with Crippen molar-refractivity contribution in [1.82, 2.24) is 14.2 Å². The summed E-state index contributed by atoms with van der Waals surface area (Å²) in [6.07, 6.45) is 0. The van der Waals surface area contributed by atoms with Crippen LogP contribution in [0.2, 0.25) is 0 Å². The Balaban J connectivity index is 1.49. The van der Waals surface area contributed by atoms with Crippen LogP contribution in [0.4, 0.5) is 0 Å². The molecule has 0 saturated carbocycles. The van der Waals surface area contributed by atoms with Crippen molar-refractivity contribution in [2.45, 2.75) is 25.7 Å². The molecule has 1 N–H and O–H groups in total. The number of aromatic amines is 1. The molecule has 0 atom stereocenters. The second-order valence-electron chi connectivity index (χ2n) is 8.01. The van der Waals surface area contributed by atoms with Gasteiger partial charge in [-0.1, -0.05) is 18.2 Å². The Bertz CT molecular complexity index is 1290. The third-order valence-electron chi connectivity index (χ3n) is 5.72. The van der Waals surface area contributed by atoms with Gasteiger partial charge in [-0.2, -0.15) is 4.31 Å². The molecular formula is C23H25N3O4S. The monoisotopic (exact) mass is 439 g/mol. The average molecular weight is 440 g/mol. The first-order chi connectivity index (χ1) is 14.7. The van der Waals surface area contributed by atoms with Crippen LogP contribution < -0.4 is 0 Å². The fourth-order valence-electron chi connectivity index (χ4n) is 4.04. The van der Waals surface area contributed by atoms with Gasteiger partial charge in [0.05, 0.1) is 4.90 Å². The lowest BCUT2D eigenvalue weighted by molar-refractivity contribution is 0.0692. The number of H-pyrrole nitrogens is 1. The first-order valence-electron chi connectivity index (χ1n) is 10.2. The number of aromatic nitrogens is 1. The number of rotatable bonds is 4. The Morgan fingerprint density at radius 3 is 2.35 bits per heavy atom. The number of sulfonamides is 1. The minimum atomic E-state index is -3.73. The van der Waals surface area contributed by atoms with Gasteiger partial charge in [0, 0.05) is 42.6 Å². The highest BCUT2D eigenvalue weighted by Crippen LogP contribution is 2.24. The topological polar surface area (TPSA) is 90.6 Å². The normalized spacial score (nSPS) is 15.4. The highest BCUT2D eigenvalue weighted by Gasteiger charge is 2.31. The molecule has 0 spiro atoms. The molecule has 3 aromatic rings. The maximum Gasteiger partial charge on any atom is 0.270 e. The number of carbonyl (C=O) groups is 2. The number of Topliss-reactive ketones (excluding diaryl/α,β-unsaturated/α-hetero) is 1. The number of nitrogens with zero attached hydrogens (tertiary/aromatic N) is 2. The zero-order valence-electron chi connectivity index (χ0n) is 17.8. The quantitative estimate of drug-likeness (QED) is 0.633. The van der Waals surface area contributed by atoms with Gasteiger partial charge in [-0.25, -0.2) is 8.42 Å². The van der Waals surface area contributed by atoms with Crippen molar-refractivity contribution < 1.29 is 18.0 Å². The number of hydrogen-bond donors (Lipinski definition) is 1. The zero-order chi connectivity index (χ0) is 22.3. The van der Waals surface area contributed by atoms with E-state index in [1.165, 1.54) is 23.4 Å². The van der Waals surface area contributed by atoms with Gasteiger partial charge in [-0.15, -0.1) is 0 Å². The number of fused-ring (bicyclic) bond motifs is 1. The lowest BCUT2D eigenvalue weighted by atomic mass is 10.1. The smallest absolute Gasteiger partial charge is 0.270 e. The van der Waals surface area contributed by atoms with E-state index in [1.54, 1.807) is 17.0 Å². The molecule has 1 amide bonds. The van der Waals surface area contributed by atoms with Gasteiger partial charge in [0.1, 0.15) is 5.69 Å². The Morgan fingerprint density at radius 1 is 0.968 bits per heavy atom. The van der Waals surface area contributed by atoms with Crippen LogP contribution in [0.25, 0.3) is 10.9 Å². The van der Waals surface area contributed by atoms with E-state index in [0.717, 1.165) is 22.0 Å². The molecule has 1 fully saturated rings. The Kier molecular flexibility index (Phi) is 5.45. The van der Waals surface area contributed by atoms with Crippen molar-refractivity contribution in [3.63, 3.8) is 0 Å². The fraction of sp³-hybridized carbons (Fsp3) is 0.304. The van der Waals surface area contributed by atoms with Crippen LogP contribution >= 0.6 is 0 Å². The molecular weight excluding hydrogens is 414 g/mol.